The van der Waals surface area contributed by atoms with Gasteiger partial charge in [-0.3, -0.25) is 19.0 Å². The van der Waals surface area contributed by atoms with Gasteiger partial charge in [-0.05, 0) is 69.7 Å². The normalized spacial score (nSPS) is 11.3. The van der Waals surface area contributed by atoms with E-state index in [2.05, 4.69) is 4.98 Å². The van der Waals surface area contributed by atoms with Crippen molar-refractivity contribution in [2.24, 2.45) is 5.41 Å². The molecule has 0 amide bonds. The summed E-state index contributed by atoms with van der Waals surface area (Å²) in [4.78, 5) is 54.4. The van der Waals surface area contributed by atoms with Crippen LogP contribution in [0.25, 0.3) is 10.9 Å². The number of carboxylic acids is 1. The first-order valence-electron chi connectivity index (χ1n) is 11.8. The third kappa shape index (κ3) is 6.93. The summed E-state index contributed by atoms with van der Waals surface area (Å²) >= 11 is 0. The van der Waals surface area contributed by atoms with Crippen LogP contribution >= 0.6 is 0 Å². The predicted octanol–water partition coefficient (Wildman–Crippen LogP) is 3.52. The van der Waals surface area contributed by atoms with E-state index in [4.69, 9.17) is 9.47 Å². The monoisotopic (exact) mass is 509 g/mol. The van der Waals surface area contributed by atoms with Gasteiger partial charge in [-0.25, -0.2) is 9.78 Å². The topological polar surface area (TPSA) is 128 Å². The number of carboxylic acid groups (broad SMARTS) is 1. The number of rotatable bonds is 9. The summed E-state index contributed by atoms with van der Waals surface area (Å²) in [5.74, 6) is -1.43. The zero-order chi connectivity index (χ0) is 27.3. The lowest BCUT2D eigenvalue weighted by molar-refractivity contribution is -0.157. The average Bonchev–Trinajstić information content (AvgIpc) is 2.82. The molecule has 0 unspecified atom stereocenters. The maximum atomic E-state index is 13.3. The molecule has 1 heterocycles. The van der Waals surface area contributed by atoms with Crippen molar-refractivity contribution in [2.45, 2.75) is 47.9 Å². The van der Waals surface area contributed by atoms with E-state index in [-0.39, 0.29) is 24.5 Å². The van der Waals surface area contributed by atoms with Crippen molar-refractivity contribution >= 4 is 34.5 Å². The molecule has 1 N–H and O–H groups in total. The standard InChI is InChI=1S/C27H31N3O7/c1-17-28-23-11-6-19(14-22(23)24(32)30(17)16-37-26(35)27(3,4)5)15-29(12-13-36-18(2)31)21-9-7-20(8-10-21)25(33)34/h6-11,14H,12-13,15-16H2,1-5H3,(H,33,34). The van der Waals surface area contributed by atoms with Crippen LogP contribution in [0.3, 0.4) is 0 Å². The maximum absolute atomic E-state index is 13.3. The lowest BCUT2D eigenvalue weighted by Crippen LogP contribution is -2.30. The van der Waals surface area contributed by atoms with Gasteiger partial charge in [0.15, 0.2) is 6.73 Å². The van der Waals surface area contributed by atoms with Crippen LogP contribution in [0.5, 0.6) is 0 Å². The summed E-state index contributed by atoms with van der Waals surface area (Å²) in [5.41, 5.74) is 1.16. The fraction of sp³-hybridized carbons (Fsp3) is 0.370. The molecule has 0 saturated heterocycles. The van der Waals surface area contributed by atoms with E-state index >= 15 is 0 Å². The molecule has 0 saturated carbocycles. The molecule has 0 bridgehead atoms. The van der Waals surface area contributed by atoms with Crippen LogP contribution in [-0.2, 0) is 32.3 Å². The van der Waals surface area contributed by atoms with Gasteiger partial charge in [0, 0.05) is 19.2 Å². The van der Waals surface area contributed by atoms with E-state index in [0.717, 1.165) is 11.3 Å². The van der Waals surface area contributed by atoms with Gasteiger partial charge in [0.2, 0.25) is 0 Å². The van der Waals surface area contributed by atoms with Gasteiger partial charge in [-0.2, -0.15) is 0 Å². The van der Waals surface area contributed by atoms with Crippen LogP contribution in [0.2, 0.25) is 0 Å². The molecular formula is C27H31N3O7. The average molecular weight is 510 g/mol. The molecule has 2 aromatic carbocycles. The summed E-state index contributed by atoms with van der Waals surface area (Å²) in [6, 6.07) is 11.7. The van der Waals surface area contributed by atoms with E-state index in [1.165, 1.54) is 23.6 Å². The zero-order valence-corrected chi connectivity index (χ0v) is 21.6. The molecule has 37 heavy (non-hydrogen) atoms. The molecule has 196 valence electrons. The molecule has 0 aliphatic rings. The Morgan fingerprint density at radius 1 is 1.05 bits per heavy atom. The van der Waals surface area contributed by atoms with E-state index in [9.17, 15) is 24.3 Å². The van der Waals surface area contributed by atoms with Gasteiger partial charge in [-0.15, -0.1) is 0 Å². The Balaban J connectivity index is 1.91. The number of benzene rings is 2. The first-order chi connectivity index (χ1) is 17.4. The third-order valence-electron chi connectivity index (χ3n) is 5.67. The van der Waals surface area contributed by atoms with Crippen molar-refractivity contribution in [2.75, 3.05) is 18.1 Å². The summed E-state index contributed by atoms with van der Waals surface area (Å²) in [6.07, 6.45) is 0. The van der Waals surface area contributed by atoms with Gasteiger partial charge in [0.1, 0.15) is 12.4 Å². The Morgan fingerprint density at radius 2 is 1.73 bits per heavy atom. The van der Waals surface area contributed by atoms with Crippen LogP contribution in [0.1, 0.15) is 49.4 Å². The van der Waals surface area contributed by atoms with Gasteiger partial charge in [0.25, 0.3) is 5.56 Å². The number of carbonyl (C=O) groups is 3. The number of carbonyl (C=O) groups excluding carboxylic acids is 2. The van der Waals surface area contributed by atoms with Crippen LogP contribution in [0, 0.1) is 12.3 Å². The highest BCUT2D eigenvalue weighted by Crippen LogP contribution is 2.21. The molecule has 3 aromatic rings. The van der Waals surface area contributed by atoms with E-state index in [0.29, 0.717) is 29.8 Å². The second-order valence-corrected chi connectivity index (χ2v) is 9.67. The van der Waals surface area contributed by atoms with E-state index in [1.54, 1.807) is 52.0 Å². The largest absolute Gasteiger partial charge is 0.478 e. The van der Waals surface area contributed by atoms with Crippen LogP contribution in [-0.4, -0.2) is 45.7 Å². The summed E-state index contributed by atoms with van der Waals surface area (Å²) in [7, 11) is 0. The Bertz CT molecular complexity index is 1370. The number of nitrogens with zero attached hydrogens (tertiary/aromatic N) is 3. The van der Waals surface area contributed by atoms with Crippen molar-refractivity contribution in [3.05, 3.63) is 69.8 Å². The number of fused-ring (bicyclic) bond motifs is 1. The number of esters is 2. The molecule has 1 aromatic heterocycles. The van der Waals surface area contributed by atoms with Gasteiger partial charge in [0.05, 0.1) is 28.4 Å². The Labute approximate surface area is 214 Å². The first kappa shape index (κ1) is 27.4. The second-order valence-electron chi connectivity index (χ2n) is 9.67. The molecule has 3 rings (SSSR count). The lowest BCUT2D eigenvalue weighted by atomic mass is 9.98. The fourth-order valence-corrected chi connectivity index (χ4v) is 3.60. The minimum atomic E-state index is -1.03. The minimum absolute atomic E-state index is 0.135. The maximum Gasteiger partial charge on any atom is 0.335 e. The van der Waals surface area contributed by atoms with E-state index < -0.39 is 23.3 Å². The van der Waals surface area contributed by atoms with Crippen molar-refractivity contribution in [3.63, 3.8) is 0 Å². The molecule has 10 nitrogen and oxygen atoms in total. The molecule has 0 aliphatic heterocycles. The SMILES string of the molecule is CC(=O)OCCN(Cc1ccc2nc(C)n(COC(=O)C(C)(C)C)c(=O)c2c1)c1ccc(C(=O)O)cc1. The number of hydrogen-bond acceptors (Lipinski definition) is 8. The van der Waals surface area contributed by atoms with Crippen molar-refractivity contribution in [1.29, 1.82) is 0 Å². The fourth-order valence-electron chi connectivity index (χ4n) is 3.60. The smallest absolute Gasteiger partial charge is 0.335 e. The number of ether oxygens (including phenoxy) is 2. The van der Waals surface area contributed by atoms with Gasteiger partial charge in [-0.1, -0.05) is 6.07 Å². The minimum Gasteiger partial charge on any atom is -0.478 e. The third-order valence-corrected chi connectivity index (χ3v) is 5.67. The van der Waals surface area contributed by atoms with Crippen molar-refractivity contribution < 1.29 is 29.0 Å². The lowest BCUT2D eigenvalue weighted by Gasteiger charge is -2.25. The molecule has 0 spiro atoms. The number of aromatic nitrogens is 2. The molecule has 0 fully saturated rings. The van der Waals surface area contributed by atoms with E-state index in [1.807, 2.05) is 11.0 Å². The highest BCUT2D eigenvalue weighted by Gasteiger charge is 2.23. The van der Waals surface area contributed by atoms with Crippen LogP contribution in [0.15, 0.2) is 47.3 Å². The summed E-state index contributed by atoms with van der Waals surface area (Å²) in [5, 5.41) is 9.56. The van der Waals surface area contributed by atoms with Gasteiger partial charge >= 0.3 is 17.9 Å². The Morgan fingerprint density at radius 3 is 2.32 bits per heavy atom. The van der Waals surface area contributed by atoms with Crippen molar-refractivity contribution in [1.82, 2.24) is 9.55 Å². The van der Waals surface area contributed by atoms with Crippen LogP contribution in [0.4, 0.5) is 5.69 Å². The van der Waals surface area contributed by atoms with Crippen molar-refractivity contribution in [3.8, 4) is 0 Å². The molecule has 0 atom stereocenters. The number of aryl methyl sites for hydroxylation is 1. The van der Waals surface area contributed by atoms with Crippen LogP contribution < -0.4 is 10.5 Å². The second kappa shape index (κ2) is 11.2. The predicted molar refractivity (Wildman–Crippen MR) is 137 cm³/mol. The summed E-state index contributed by atoms with van der Waals surface area (Å²) < 4.78 is 11.8. The van der Waals surface area contributed by atoms with Gasteiger partial charge < -0.3 is 19.5 Å². The number of anilines is 1. The molecule has 0 radical (unpaired) electrons. The highest BCUT2D eigenvalue weighted by molar-refractivity contribution is 5.88. The molecule has 0 aliphatic carbocycles. The quantitative estimate of drug-likeness (QED) is 0.431. The summed E-state index contributed by atoms with van der Waals surface area (Å²) in [6.45, 7) is 8.81. The first-order valence-corrected chi connectivity index (χ1v) is 11.8. The Kier molecular flexibility index (Phi) is 8.31. The Hall–Kier alpha value is -4.21. The number of hydrogen-bond donors (Lipinski definition) is 1. The molecular weight excluding hydrogens is 478 g/mol. The molecule has 10 heteroatoms. The number of aromatic carboxylic acids is 1. The highest BCUT2D eigenvalue weighted by atomic mass is 16.5. The zero-order valence-electron chi connectivity index (χ0n) is 21.6.